The van der Waals surface area contributed by atoms with E-state index in [0.29, 0.717) is 0 Å². The number of carbonyl (C=O) groups is 2. The van der Waals surface area contributed by atoms with Crippen molar-refractivity contribution in [1.29, 1.82) is 0 Å². The quantitative estimate of drug-likeness (QED) is 0.467. The zero-order valence-corrected chi connectivity index (χ0v) is 7.96. The molecule has 0 aromatic carbocycles. The summed E-state index contributed by atoms with van der Waals surface area (Å²) in [6, 6.07) is 0. The number of hydrogen-bond donors (Lipinski definition) is 0. The fraction of sp³-hybridized carbons (Fsp3) is 0.500. The first-order chi connectivity index (χ1) is 4.46. The Kier molecular flexibility index (Phi) is 6.42. The van der Waals surface area contributed by atoms with Crippen LogP contribution in [0.3, 0.4) is 0 Å². The van der Waals surface area contributed by atoms with Crippen LogP contribution in [0.5, 0.6) is 0 Å². The first kappa shape index (κ1) is 13.3. The van der Waals surface area contributed by atoms with Crippen LogP contribution in [0.2, 0.25) is 0 Å². The molecule has 2 atom stereocenters. The summed E-state index contributed by atoms with van der Waals surface area (Å²) >= 11 is 0. The van der Waals surface area contributed by atoms with Gasteiger partial charge in [0, 0.05) is 11.9 Å². The van der Waals surface area contributed by atoms with Gasteiger partial charge in [-0.1, -0.05) is 12.2 Å². The molecule has 11 heavy (non-hydrogen) atoms. The van der Waals surface area contributed by atoms with Gasteiger partial charge in [-0.3, -0.25) is 0 Å². The van der Waals surface area contributed by atoms with E-state index in [9.17, 15) is 30.0 Å². The number of carboxylic acid groups (broad SMARTS) is 2. The third kappa shape index (κ3) is 4.17. The van der Waals surface area contributed by atoms with Crippen LogP contribution in [-0.2, 0) is 9.59 Å². The summed E-state index contributed by atoms with van der Waals surface area (Å²) in [7, 11) is 0. The third-order valence-electron chi connectivity index (χ3n) is 0.740. The molecule has 0 aliphatic rings. The average molecular weight is 265 g/mol. The van der Waals surface area contributed by atoms with Crippen LogP contribution in [0.25, 0.3) is 0 Å². The molecule has 0 aromatic heterocycles. The Bertz CT molecular complexity index is 139. The molecule has 6 nitrogen and oxygen atoms in total. The SMILES string of the molecule is O=C([O-])C([O-])C([O-])C(=O)[O-].[Sn+4]. The molecule has 0 aliphatic heterocycles. The van der Waals surface area contributed by atoms with E-state index in [2.05, 4.69) is 0 Å². The monoisotopic (exact) mass is 266 g/mol. The van der Waals surface area contributed by atoms with Gasteiger partial charge in [0.2, 0.25) is 0 Å². The van der Waals surface area contributed by atoms with Crippen molar-refractivity contribution < 1.29 is 30.0 Å². The normalized spacial score (nSPS) is 14.4. The van der Waals surface area contributed by atoms with Crippen LogP contribution < -0.4 is 20.4 Å². The van der Waals surface area contributed by atoms with Gasteiger partial charge < -0.3 is 30.0 Å². The molecule has 0 rings (SSSR count). The van der Waals surface area contributed by atoms with E-state index in [1.807, 2.05) is 0 Å². The molecule has 0 radical (unpaired) electrons. The molecule has 0 saturated carbocycles. The largest absolute Gasteiger partial charge is 4.00 e. The number of aliphatic carboxylic acids is 2. The van der Waals surface area contributed by atoms with Gasteiger partial charge >= 0.3 is 23.9 Å². The van der Waals surface area contributed by atoms with E-state index >= 15 is 0 Å². The topological polar surface area (TPSA) is 126 Å². The van der Waals surface area contributed by atoms with Crippen LogP contribution in [0.4, 0.5) is 0 Å². The molecule has 2 unspecified atom stereocenters. The van der Waals surface area contributed by atoms with Crippen molar-refractivity contribution >= 4 is 35.8 Å². The summed E-state index contributed by atoms with van der Waals surface area (Å²) in [4.78, 5) is 19.1. The average Bonchev–Trinajstić information content (AvgIpc) is 1.84. The number of carbonyl (C=O) groups excluding carboxylic acids is 2. The minimum absolute atomic E-state index is 0. The fourth-order valence-electron chi connectivity index (χ4n) is 0.247. The summed E-state index contributed by atoms with van der Waals surface area (Å²) in [5, 5.41) is 39.0. The van der Waals surface area contributed by atoms with E-state index in [4.69, 9.17) is 0 Å². The Morgan fingerprint density at radius 3 is 1.18 bits per heavy atom. The summed E-state index contributed by atoms with van der Waals surface area (Å²) in [5.41, 5.74) is 0. The van der Waals surface area contributed by atoms with E-state index in [-0.39, 0.29) is 23.9 Å². The summed E-state index contributed by atoms with van der Waals surface area (Å²) < 4.78 is 0. The predicted octanol–water partition coefficient (Wildman–Crippen LogP) is -6.44. The Morgan fingerprint density at radius 1 is 0.909 bits per heavy atom. The van der Waals surface area contributed by atoms with Gasteiger partial charge in [-0.15, -0.1) is 0 Å². The molecule has 7 heteroatoms. The Balaban J connectivity index is 0. The molecule has 0 saturated heterocycles. The van der Waals surface area contributed by atoms with E-state index < -0.39 is 24.1 Å². The van der Waals surface area contributed by atoms with Crippen molar-refractivity contribution in [3.05, 3.63) is 0 Å². The zero-order chi connectivity index (χ0) is 8.31. The second kappa shape index (κ2) is 5.33. The first-order valence-corrected chi connectivity index (χ1v) is 2.20. The Hall–Kier alpha value is -0.341. The van der Waals surface area contributed by atoms with Crippen LogP contribution >= 0.6 is 0 Å². The summed E-state index contributed by atoms with van der Waals surface area (Å²) in [6.07, 6.45) is -5.60. The molecule has 0 N–H and O–H groups in total. The molecule has 0 heterocycles. The maximum Gasteiger partial charge on any atom is 4.00 e. The van der Waals surface area contributed by atoms with Gasteiger partial charge in [0.25, 0.3) is 0 Å². The number of hydrogen-bond acceptors (Lipinski definition) is 6. The van der Waals surface area contributed by atoms with Crippen molar-refractivity contribution in [3.8, 4) is 0 Å². The second-order valence-corrected chi connectivity index (χ2v) is 1.48. The van der Waals surface area contributed by atoms with Crippen molar-refractivity contribution in [2.45, 2.75) is 12.2 Å². The van der Waals surface area contributed by atoms with Gasteiger partial charge in [-0.2, -0.15) is 0 Å². The minimum Gasteiger partial charge on any atom is -0.848 e. The van der Waals surface area contributed by atoms with Crippen LogP contribution in [0.1, 0.15) is 0 Å². The number of rotatable bonds is 3. The third-order valence-corrected chi connectivity index (χ3v) is 0.740. The Morgan fingerprint density at radius 2 is 1.09 bits per heavy atom. The van der Waals surface area contributed by atoms with Gasteiger partial charge in [-0.05, 0) is 0 Å². The zero-order valence-electron chi connectivity index (χ0n) is 5.10. The molecule has 0 amide bonds. The smallest absolute Gasteiger partial charge is 0.848 e. The van der Waals surface area contributed by atoms with E-state index in [0.717, 1.165) is 0 Å². The van der Waals surface area contributed by atoms with E-state index in [1.165, 1.54) is 0 Å². The first-order valence-electron chi connectivity index (χ1n) is 2.20. The Labute approximate surface area is 78.4 Å². The van der Waals surface area contributed by atoms with Crippen LogP contribution in [-0.4, -0.2) is 48.1 Å². The molecule has 0 aliphatic carbocycles. The molecule has 58 valence electrons. The van der Waals surface area contributed by atoms with Crippen molar-refractivity contribution in [1.82, 2.24) is 0 Å². The van der Waals surface area contributed by atoms with Gasteiger partial charge in [0.15, 0.2) is 0 Å². The van der Waals surface area contributed by atoms with Crippen molar-refractivity contribution in [2.24, 2.45) is 0 Å². The summed E-state index contributed by atoms with van der Waals surface area (Å²) in [5.74, 6) is -4.46. The van der Waals surface area contributed by atoms with E-state index in [1.54, 1.807) is 0 Å². The van der Waals surface area contributed by atoms with Crippen molar-refractivity contribution in [2.75, 3.05) is 0 Å². The van der Waals surface area contributed by atoms with Gasteiger partial charge in [-0.25, -0.2) is 0 Å². The molecule has 0 fully saturated rings. The van der Waals surface area contributed by atoms with Crippen molar-refractivity contribution in [3.63, 3.8) is 0 Å². The standard InChI is InChI=1S/C4H4O6.Sn/c5-1(3(7)8)2(6)4(9)10;/h1-2H,(H,7,8)(H,9,10);/q-2;+4/p-2. The molecule has 0 bridgehead atoms. The minimum atomic E-state index is -2.80. The number of carboxylic acids is 2. The van der Waals surface area contributed by atoms with Gasteiger partial charge in [0.05, 0.1) is 0 Å². The molecule has 0 spiro atoms. The molecule has 0 aromatic rings. The molecular formula is C4H2O6Sn. The second-order valence-electron chi connectivity index (χ2n) is 1.48. The molecular weight excluding hydrogens is 263 g/mol. The summed E-state index contributed by atoms with van der Waals surface area (Å²) in [6.45, 7) is 0. The van der Waals surface area contributed by atoms with Crippen LogP contribution in [0.15, 0.2) is 0 Å². The predicted molar refractivity (Wildman–Crippen MR) is 23.3 cm³/mol. The van der Waals surface area contributed by atoms with Gasteiger partial charge in [0.1, 0.15) is 0 Å². The maximum absolute atomic E-state index is 9.97. The maximum atomic E-state index is 9.97. The van der Waals surface area contributed by atoms with Crippen LogP contribution in [0, 0.1) is 0 Å². The fourth-order valence-corrected chi connectivity index (χ4v) is 0.247.